The van der Waals surface area contributed by atoms with Gasteiger partial charge in [-0.3, -0.25) is 0 Å². The van der Waals surface area contributed by atoms with Gasteiger partial charge in [-0.25, -0.2) is 13.2 Å². The van der Waals surface area contributed by atoms with E-state index in [0.717, 1.165) is 19.9 Å². The van der Waals surface area contributed by atoms with E-state index >= 15 is 4.39 Å². The predicted octanol–water partition coefficient (Wildman–Crippen LogP) is 7.17. The first-order valence-electron chi connectivity index (χ1n) is 7.72. The molecule has 160 valence electrons. The van der Waals surface area contributed by atoms with Gasteiger partial charge in [0.1, 0.15) is 11.6 Å². The molecule has 2 aromatic carbocycles. The summed E-state index contributed by atoms with van der Waals surface area (Å²) in [6, 6.07) is 2.40. The van der Waals surface area contributed by atoms with Crippen molar-refractivity contribution in [3.63, 3.8) is 0 Å². The summed E-state index contributed by atoms with van der Waals surface area (Å²) in [6.45, 7) is 2.00. The summed E-state index contributed by atoms with van der Waals surface area (Å²) in [5.74, 6) is -9.68. The van der Waals surface area contributed by atoms with Gasteiger partial charge in [0.25, 0.3) is 0 Å². The van der Waals surface area contributed by atoms with E-state index in [1.165, 1.54) is 0 Å². The lowest BCUT2D eigenvalue weighted by atomic mass is 9.80. The van der Waals surface area contributed by atoms with Gasteiger partial charge in [-0.05, 0) is 37.1 Å². The van der Waals surface area contributed by atoms with Crippen LogP contribution in [0.1, 0.15) is 16.7 Å². The lowest BCUT2D eigenvalue weighted by Crippen LogP contribution is -2.60. The van der Waals surface area contributed by atoms with Crippen LogP contribution in [0.5, 0.6) is 0 Å². The van der Waals surface area contributed by atoms with Crippen molar-refractivity contribution in [2.45, 2.75) is 37.8 Å². The Morgan fingerprint density at radius 3 is 1.69 bits per heavy atom. The molecule has 0 aliphatic carbocycles. The number of rotatable bonds is 3. The second-order valence-corrected chi connectivity index (χ2v) is 6.36. The average molecular weight is 436 g/mol. The molecule has 0 heterocycles. The molecule has 0 N–H and O–H groups in total. The van der Waals surface area contributed by atoms with Crippen molar-refractivity contribution >= 4 is 0 Å². The van der Waals surface area contributed by atoms with Gasteiger partial charge in [-0.1, -0.05) is 17.7 Å². The van der Waals surface area contributed by atoms with Gasteiger partial charge in [-0.2, -0.15) is 35.1 Å². The molecule has 2 aromatic rings. The van der Waals surface area contributed by atoms with Crippen molar-refractivity contribution in [2.75, 3.05) is 0 Å². The first-order valence-corrected chi connectivity index (χ1v) is 7.72. The second-order valence-electron chi connectivity index (χ2n) is 6.36. The molecule has 0 bridgehead atoms. The standard InChI is InChI=1S/C18H11F11/c1-8-5-9(2)14(11-4-3-10(19)7-13(11)20)12(6-8)15(21,17(24,25)26)16(22,23)18(27,28)29/h3-7H,1-2H3. The number of halogens is 11. The third-order valence-electron chi connectivity index (χ3n) is 4.23. The van der Waals surface area contributed by atoms with Gasteiger partial charge >= 0.3 is 23.9 Å². The zero-order valence-electron chi connectivity index (χ0n) is 14.5. The van der Waals surface area contributed by atoms with Crippen LogP contribution in [0.2, 0.25) is 0 Å². The van der Waals surface area contributed by atoms with Crippen LogP contribution in [-0.2, 0) is 5.67 Å². The van der Waals surface area contributed by atoms with Crippen LogP contribution in [0, 0.1) is 25.5 Å². The first kappa shape index (κ1) is 23.0. The molecule has 0 aromatic heterocycles. The van der Waals surface area contributed by atoms with Crippen LogP contribution in [0.25, 0.3) is 11.1 Å². The fourth-order valence-corrected chi connectivity index (χ4v) is 2.98. The average Bonchev–Trinajstić information content (AvgIpc) is 2.52. The van der Waals surface area contributed by atoms with E-state index in [1.54, 1.807) is 0 Å². The molecule has 0 amide bonds. The maximum absolute atomic E-state index is 15.0. The predicted molar refractivity (Wildman–Crippen MR) is 81.1 cm³/mol. The van der Waals surface area contributed by atoms with E-state index in [1.807, 2.05) is 0 Å². The van der Waals surface area contributed by atoms with Gasteiger partial charge < -0.3 is 0 Å². The summed E-state index contributed by atoms with van der Waals surface area (Å²) in [4.78, 5) is 0. The summed E-state index contributed by atoms with van der Waals surface area (Å²) in [5.41, 5.74) is -11.2. The summed E-state index contributed by atoms with van der Waals surface area (Å²) in [5, 5.41) is 0. The molecule has 0 spiro atoms. The molecular weight excluding hydrogens is 425 g/mol. The summed E-state index contributed by atoms with van der Waals surface area (Å²) >= 11 is 0. The van der Waals surface area contributed by atoms with Gasteiger partial charge in [0.05, 0.1) is 0 Å². The molecular formula is C18H11F11. The van der Waals surface area contributed by atoms with Crippen LogP contribution in [0.15, 0.2) is 30.3 Å². The van der Waals surface area contributed by atoms with Crippen molar-refractivity contribution < 1.29 is 48.3 Å². The molecule has 1 unspecified atom stereocenters. The number of benzene rings is 2. The van der Waals surface area contributed by atoms with Gasteiger partial charge in [0, 0.05) is 17.2 Å². The largest absolute Gasteiger partial charge is 0.457 e. The normalized spacial score (nSPS) is 15.3. The number of aryl methyl sites for hydroxylation is 2. The molecule has 11 heteroatoms. The van der Waals surface area contributed by atoms with E-state index in [2.05, 4.69) is 0 Å². The second kappa shape index (κ2) is 6.88. The van der Waals surface area contributed by atoms with Gasteiger partial charge in [-0.15, -0.1) is 0 Å². The Bertz CT molecular complexity index is 925. The maximum atomic E-state index is 15.0. The molecule has 2 rings (SSSR count). The molecule has 0 saturated carbocycles. The smallest absolute Gasteiger partial charge is 0.221 e. The monoisotopic (exact) mass is 436 g/mol. The fourth-order valence-electron chi connectivity index (χ4n) is 2.98. The minimum Gasteiger partial charge on any atom is -0.221 e. The topological polar surface area (TPSA) is 0 Å². The summed E-state index contributed by atoms with van der Waals surface area (Å²) in [6.07, 6.45) is -13.7. The van der Waals surface area contributed by atoms with E-state index in [-0.39, 0.29) is 17.7 Å². The third-order valence-corrected chi connectivity index (χ3v) is 4.23. The SMILES string of the molecule is Cc1cc(C)c(-c2ccc(F)cc2F)c(C(F)(C(F)(F)F)C(F)(F)C(F)(F)F)c1. The Morgan fingerprint density at radius 2 is 1.24 bits per heavy atom. The fraction of sp³-hybridized carbons (Fsp3) is 0.333. The third kappa shape index (κ3) is 3.55. The van der Waals surface area contributed by atoms with E-state index < -0.39 is 57.8 Å². The molecule has 29 heavy (non-hydrogen) atoms. The lowest BCUT2D eigenvalue weighted by Gasteiger charge is -2.37. The highest BCUT2D eigenvalue weighted by Crippen LogP contribution is 2.60. The highest BCUT2D eigenvalue weighted by Gasteiger charge is 2.82. The van der Waals surface area contributed by atoms with Crippen LogP contribution >= 0.6 is 0 Å². The Hall–Kier alpha value is -2.33. The van der Waals surface area contributed by atoms with E-state index in [0.29, 0.717) is 12.1 Å². The maximum Gasteiger partial charge on any atom is 0.457 e. The molecule has 0 aliphatic heterocycles. The Kier molecular flexibility index (Phi) is 5.44. The summed E-state index contributed by atoms with van der Waals surface area (Å²) < 4.78 is 149. The quantitative estimate of drug-likeness (QED) is 0.448. The van der Waals surface area contributed by atoms with Crippen LogP contribution in [-0.4, -0.2) is 18.3 Å². The molecule has 0 aliphatic rings. The van der Waals surface area contributed by atoms with Crippen molar-refractivity contribution in [3.8, 4) is 11.1 Å². The molecule has 0 nitrogen and oxygen atoms in total. The minimum atomic E-state index is -6.92. The highest BCUT2D eigenvalue weighted by atomic mass is 19.4. The van der Waals surface area contributed by atoms with Gasteiger partial charge in [0.2, 0.25) is 0 Å². The van der Waals surface area contributed by atoms with Crippen molar-refractivity contribution in [3.05, 3.63) is 58.7 Å². The first-order chi connectivity index (χ1) is 12.9. The number of hydrogen-bond donors (Lipinski definition) is 0. The Labute approximate surface area is 156 Å². The van der Waals surface area contributed by atoms with Crippen molar-refractivity contribution in [1.29, 1.82) is 0 Å². The van der Waals surface area contributed by atoms with Crippen LogP contribution in [0.4, 0.5) is 48.3 Å². The highest BCUT2D eigenvalue weighted by molar-refractivity contribution is 5.74. The number of hydrogen-bond acceptors (Lipinski definition) is 0. The minimum absolute atomic E-state index is 0.137. The van der Waals surface area contributed by atoms with Gasteiger partial charge in [0.15, 0.2) is 0 Å². The molecule has 0 radical (unpaired) electrons. The van der Waals surface area contributed by atoms with Crippen molar-refractivity contribution in [1.82, 2.24) is 0 Å². The summed E-state index contributed by atoms with van der Waals surface area (Å²) in [7, 11) is 0. The molecule has 1 atom stereocenters. The van der Waals surface area contributed by atoms with E-state index in [4.69, 9.17) is 0 Å². The number of alkyl halides is 9. The zero-order chi connectivity index (χ0) is 22.6. The van der Waals surface area contributed by atoms with Crippen LogP contribution in [0.3, 0.4) is 0 Å². The zero-order valence-corrected chi connectivity index (χ0v) is 14.5. The molecule has 0 fully saturated rings. The Morgan fingerprint density at radius 1 is 0.690 bits per heavy atom. The molecule has 0 saturated heterocycles. The van der Waals surface area contributed by atoms with Crippen LogP contribution < -0.4 is 0 Å². The lowest BCUT2D eigenvalue weighted by molar-refractivity contribution is -0.389. The van der Waals surface area contributed by atoms with E-state index in [9.17, 15) is 43.9 Å². The van der Waals surface area contributed by atoms with Crippen molar-refractivity contribution in [2.24, 2.45) is 0 Å². The Balaban J connectivity index is 3.04.